The molecule has 10 nitrogen and oxygen atoms in total. The molecule has 0 aromatic carbocycles. The second-order valence-electron chi connectivity index (χ2n) is 3.70. The van der Waals surface area contributed by atoms with Crippen LogP contribution < -0.4 is 5.73 Å². The Morgan fingerprint density at radius 3 is 2.20 bits per heavy atom. The standard InChI is InChI=1S/C10H15N5O5/c1-19-8(17)4-14(5-9(18)20-2)7(16)3-15-6-12-10(11)13-15/h6H,3-5H2,1-2H3,(H2,11,13). The largest absolute Gasteiger partial charge is 0.468 e. The Bertz CT molecular complexity index is 482. The van der Waals surface area contributed by atoms with Gasteiger partial charge in [0.1, 0.15) is 26.0 Å². The number of rotatable bonds is 6. The van der Waals surface area contributed by atoms with E-state index in [1.807, 2.05) is 0 Å². The molecular weight excluding hydrogens is 270 g/mol. The van der Waals surface area contributed by atoms with E-state index < -0.39 is 17.8 Å². The molecule has 0 atom stereocenters. The quantitative estimate of drug-likeness (QED) is 0.596. The highest BCUT2D eigenvalue weighted by Gasteiger charge is 2.21. The van der Waals surface area contributed by atoms with Crippen LogP contribution in [0.4, 0.5) is 5.95 Å². The fourth-order valence-corrected chi connectivity index (χ4v) is 1.30. The average molecular weight is 285 g/mol. The molecule has 0 unspecified atom stereocenters. The first-order valence-corrected chi connectivity index (χ1v) is 5.52. The predicted molar refractivity (Wildman–Crippen MR) is 65.0 cm³/mol. The van der Waals surface area contributed by atoms with Gasteiger partial charge in [-0.05, 0) is 0 Å². The van der Waals surface area contributed by atoms with Gasteiger partial charge in [-0.1, -0.05) is 0 Å². The number of carbonyl (C=O) groups is 3. The molecule has 0 spiro atoms. The zero-order valence-electron chi connectivity index (χ0n) is 11.1. The molecule has 110 valence electrons. The molecule has 0 radical (unpaired) electrons. The van der Waals surface area contributed by atoms with E-state index in [2.05, 4.69) is 19.6 Å². The predicted octanol–water partition coefficient (Wildman–Crippen LogP) is -1.97. The molecule has 1 heterocycles. The van der Waals surface area contributed by atoms with Crippen molar-refractivity contribution in [1.29, 1.82) is 0 Å². The van der Waals surface area contributed by atoms with E-state index in [0.29, 0.717) is 0 Å². The van der Waals surface area contributed by atoms with E-state index in [0.717, 1.165) is 4.90 Å². The van der Waals surface area contributed by atoms with Crippen LogP contribution in [0.3, 0.4) is 0 Å². The lowest BCUT2D eigenvalue weighted by Crippen LogP contribution is -2.41. The molecule has 10 heteroatoms. The number of esters is 2. The number of nitrogen functional groups attached to an aromatic ring is 1. The van der Waals surface area contributed by atoms with Gasteiger partial charge in [0, 0.05) is 0 Å². The molecule has 0 aliphatic carbocycles. The molecule has 0 fully saturated rings. The third-order valence-electron chi connectivity index (χ3n) is 2.30. The lowest BCUT2D eigenvalue weighted by Gasteiger charge is -2.19. The summed E-state index contributed by atoms with van der Waals surface area (Å²) in [4.78, 5) is 39.1. The Kier molecular flexibility index (Phi) is 5.44. The fraction of sp³-hybridized carbons (Fsp3) is 0.500. The van der Waals surface area contributed by atoms with E-state index in [9.17, 15) is 14.4 Å². The van der Waals surface area contributed by atoms with Gasteiger partial charge in [0.25, 0.3) is 0 Å². The van der Waals surface area contributed by atoms with Crippen molar-refractivity contribution in [3.05, 3.63) is 6.33 Å². The Balaban J connectivity index is 2.72. The Morgan fingerprint density at radius 2 is 1.80 bits per heavy atom. The number of nitrogens with two attached hydrogens (primary N) is 1. The molecule has 1 aromatic rings. The first-order valence-electron chi connectivity index (χ1n) is 5.52. The van der Waals surface area contributed by atoms with Crippen molar-refractivity contribution in [3.63, 3.8) is 0 Å². The van der Waals surface area contributed by atoms with Crippen molar-refractivity contribution >= 4 is 23.8 Å². The summed E-state index contributed by atoms with van der Waals surface area (Å²) >= 11 is 0. The summed E-state index contributed by atoms with van der Waals surface area (Å²) < 4.78 is 10.1. The molecule has 1 aromatic heterocycles. The number of ether oxygens (including phenoxy) is 2. The van der Waals surface area contributed by atoms with E-state index in [-0.39, 0.29) is 25.6 Å². The van der Waals surface area contributed by atoms with Gasteiger partial charge in [0.05, 0.1) is 14.2 Å². The average Bonchev–Trinajstić information content (AvgIpc) is 2.82. The number of hydrogen-bond acceptors (Lipinski definition) is 8. The topological polar surface area (TPSA) is 130 Å². The molecule has 1 rings (SSSR count). The molecule has 1 amide bonds. The van der Waals surface area contributed by atoms with Gasteiger partial charge < -0.3 is 20.1 Å². The first kappa shape index (κ1) is 15.4. The minimum Gasteiger partial charge on any atom is -0.468 e. The van der Waals surface area contributed by atoms with Crippen molar-refractivity contribution in [1.82, 2.24) is 19.7 Å². The zero-order valence-corrected chi connectivity index (χ0v) is 11.1. The van der Waals surface area contributed by atoms with Gasteiger partial charge in [-0.2, -0.15) is 0 Å². The van der Waals surface area contributed by atoms with Crippen LogP contribution in [-0.2, 0) is 30.4 Å². The van der Waals surface area contributed by atoms with Crippen LogP contribution in [-0.4, -0.2) is 64.8 Å². The molecule has 0 aliphatic heterocycles. The summed E-state index contributed by atoms with van der Waals surface area (Å²) in [7, 11) is 2.36. The lowest BCUT2D eigenvalue weighted by atomic mass is 10.4. The third kappa shape index (κ3) is 4.55. The maximum Gasteiger partial charge on any atom is 0.325 e. The van der Waals surface area contributed by atoms with Crippen LogP contribution in [0.5, 0.6) is 0 Å². The van der Waals surface area contributed by atoms with Crippen molar-refractivity contribution in [2.75, 3.05) is 33.0 Å². The second kappa shape index (κ2) is 7.07. The monoisotopic (exact) mass is 285 g/mol. The minimum atomic E-state index is -0.652. The number of anilines is 1. The van der Waals surface area contributed by atoms with Crippen LogP contribution in [0, 0.1) is 0 Å². The molecular formula is C10H15N5O5. The summed E-state index contributed by atoms with van der Waals surface area (Å²) in [6, 6.07) is 0. The van der Waals surface area contributed by atoms with Gasteiger partial charge in [-0.25, -0.2) is 9.67 Å². The van der Waals surface area contributed by atoms with Gasteiger partial charge in [0.2, 0.25) is 11.9 Å². The van der Waals surface area contributed by atoms with Gasteiger partial charge in [-0.3, -0.25) is 14.4 Å². The van der Waals surface area contributed by atoms with Crippen molar-refractivity contribution in [2.45, 2.75) is 6.54 Å². The summed E-state index contributed by atoms with van der Waals surface area (Å²) in [5, 5.41) is 3.74. The SMILES string of the molecule is COC(=O)CN(CC(=O)OC)C(=O)Cn1cnc(N)n1. The number of hydrogen-bond donors (Lipinski definition) is 1. The minimum absolute atomic E-state index is 0.0188. The Labute approximate surface area is 114 Å². The van der Waals surface area contributed by atoms with Crippen LogP contribution in [0.1, 0.15) is 0 Å². The second-order valence-corrected chi connectivity index (χ2v) is 3.70. The van der Waals surface area contributed by atoms with Gasteiger partial charge in [-0.15, -0.1) is 5.10 Å². The number of carbonyl (C=O) groups excluding carboxylic acids is 3. The Hall–Kier alpha value is -2.65. The highest BCUT2D eigenvalue weighted by Crippen LogP contribution is 1.97. The maximum atomic E-state index is 12.0. The van der Waals surface area contributed by atoms with E-state index >= 15 is 0 Å². The molecule has 0 bridgehead atoms. The molecule has 20 heavy (non-hydrogen) atoms. The Morgan fingerprint density at radius 1 is 1.25 bits per heavy atom. The third-order valence-corrected chi connectivity index (χ3v) is 2.30. The van der Waals surface area contributed by atoms with Crippen LogP contribution in [0.25, 0.3) is 0 Å². The van der Waals surface area contributed by atoms with Crippen molar-refractivity contribution < 1.29 is 23.9 Å². The summed E-state index contributed by atoms with van der Waals surface area (Å²) in [5.41, 5.74) is 5.32. The van der Waals surface area contributed by atoms with E-state index in [1.165, 1.54) is 25.2 Å². The van der Waals surface area contributed by atoms with Crippen molar-refractivity contribution in [3.8, 4) is 0 Å². The maximum absolute atomic E-state index is 12.0. The van der Waals surface area contributed by atoms with E-state index in [1.54, 1.807) is 0 Å². The van der Waals surface area contributed by atoms with Gasteiger partial charge >= 0.3 is 11.9 Å². The van der Waals surface area contributed by atoms with E-state index in [4.69, 9.17) is 5.73 Å². The van der Waals surface area contributed by atoms with Crippen LogP contribution >= 0.6 is 0 Å². The molecule has 2 N–H and O–H groups in total. The number of amides is 1. The molecule has 0 saturated heterocycles. The van der Waals surface area contributed by atoms with Crippen molar-refractivity contribution in [2.24, 2.45) is 0 Å². The number of methoxy groups -OCH3 is 2. The normalized spacial score (nSPS) is 9.90. The molecule has 0 aliphatic rings. The van der Waals surface area contributed by atoms with Crippen LogP contribution in [0.2, 0.25) is 0 Å². The fourth-order valence-electron chi connectivity index (χ4n) is 1.30. The first-order chi connectivity index (χ1) is 9.46. The smallest absolute Gasteiger partial charge is 0.325 e. The summed E-state index contributed by atoms with van der Waals surface area (Å²) in [6.45, 7) is -0.943. The van der Waals surface area contributed by atoms with Crippen LogP contribution in [0.15, 0.2) is 6.33 Å². The summed E-state index contributed by atoms with van der Waals surface area (Å²) in [5.74, 6) is -1.81. The highest BCUT2D eigenvalue weighted by molar-refractivity contribution is 5.85. The number of nitrogens with zero attached hydrogens (tertiary/aromatic N) is 4. The number of aromatic nitrogens is 3. The highest BCUT2D eigenvalue weighted by atomic mass is 16.5. The summed E-state index contributed by atoms with van der Waals surface area (Å²) in [6.07, 6.45) is 1.27. The molecule has 0 saturated carbocycles. The van der Waals surface area contributed by atoms with Gasteiger partial charge in [0.15, 0.2) is 0 Å². The lowest BCUT2D eigenvalue weighted by molar-refractivity contribution is -0.152. The zero-order chi connectivity index (χ0) is 15.1.